The molecule has 0 radical (unpaired) electrons. The minimum absolute atomic E-state index is 0.0721. The summed E-state index contributed by atoms with van der Waals surface area (Å²) < 4.78 is 6.43. The van der Waals surface area contributed by atoms with E-state index >= 15 is 0 Å². The van der Waals surface area contributed by atoms with Gasteiger partial charge in [-0.3, -0.25) is 4.79 Å². The number of nitrogens with one attached hydrogen (secondary N) is 1. The van der Waals surface area contributed by atoms with Crippen molar-refractivity contribution in [1.82, 2.24) is 10.2 Å². The average molecular weight is 411 g/mol. The lowest BCUT2D eigenvalue weighted by Crippen LogP contribution is -2.41. The van der Waals surface area contributed by atoms with E-state index in [1.54, 1.807) is 0 Å². The summed E-state index contributed by atoms with van der Waals surface area (Å²) in [4.78, 5) is 26.2. The fraction of sp³-hybridized carbons (Fsp3) is 0.579. The fourth-order valence-corrected chi connectivity index (χ4v) is 3.17. The maximum atomic E-state index is 12.3. The molecular formula is C19H27BrN2O3. The number of hydrogen-bond acceptors (Lipinski definition) is 4. The van der Waals surface area contributed by atoms with E-state index in [4.69, 9.17) is 4.74 Å². The minimum Gasteiger partial charge on any atom is -0.444 e. The average Bonchev–Trinajstić information content (AvgIpc) is 2.99. The molecule has 1 saturated heterocycles. The SMILES string of the molecule is CC(C)(C)OC(=O)N1CCCC1CCNCC(=O)c1ccc(Br)cc1. The van der Waals surface area contributed by atoms with Crippen LogP contribution in [-0.4, -0.2) is 48.1 Å². The molecule has 1 aliphatic heterocycles. The van der Waals surface area contributed by atoms with Crippen molar-refractivity contribution in [1.29, 1.82) is 0 Å². The number of Topliss-reactive ketones (excluding diaryl/α,β-unsaturated/α-hetero) is 1. The molecule has 0 aliphatic carbocycles. The molecular weight excluding hydrogens is 384 g/mol. The number of rotatable bonds is 6. The Balaban J connectivity index is 1.74. The van der Waals surface area contributed by atoms with Crippen molar-refractivity contribution in [2.45, 2.75) is 51.7 Å². The molecule has 0 saturated carbocycles. The lowest BCUT2D eigenvalue weighted by molar-refractivity contribution is 0.0220. The van der Waals surface area contributed by atoms with Gasteiger partial charge in [-0.05, 0) is 58.7 Å². The summed E-state index contributed by atoms with van der Waals surface area (Å²) in [7, 11) is 0. The molecule has 138 valence electrons. The van der Waals surface area contributed by atoms with Gasteiger partial charge in [-0.2, -0.15) is 0 Å². The van der Waals surface area contributed by atoms with Crippen LogP contribution in [0.4, 0.5) is 4.79 Å². The second kappa shape index (κ2) is 8.81. The molecule has 1 aromatic rings. The Bertz CT molecular complexity index is 596. The molecule has 1 unspecified atom stereocenters. The maximum Gasteiger partial charge on any atom is 0.410 e. The Kier molecular flexibility index (Phi) is 7.02. The van der Waals surface area contributed by atoms with Crippen LogP contribution < -0.4 is 5.32 Å². The van der Waals surface area contributed by atoms with Crippen molar-refractivity contribution in [3.8, 4) is 0 Å². The van der Waals surface area contributed by atoms with Gasteiger partial charge in [-0.25, -0.2) is 4.79 Å². The molecule has 0 aromatic heterocycles. The molecule has 1 fully saturated rings. The van der Waals surface area contributed by atoms with Crippen molar-refractivity contribution in [3.63, 3.8) is 0 Å². The highest BCUT2D eigenvalue weighted by atomic mass is 79.9. The second-order valence-electron chi connectivity index (χ2n) is 7.37. The first-order valence-electron chi connectivity index (χ1n) is 8.75. The van der Waals surface area contributed by atoms with Gasteiger partial charge in [0.05, 0.1) is 6.54 Å². The molecule has 1 amide bonds. The first-order valence-corrected chi connectivity index (χ1v) is 9.55. The molecule has 1 N–H and O–H groups in total. The van der Waals surface area contributed by atoms with E-state index in [0.717, 1.165) is 30.3 Å². The molecule has 25 heavy (non-hydrogen) atoms. The Morgan fingerprint density at radius 3 is 2.60 bits per heavy atom. The molecule has 0 bridgehead atoms. The van der Waals surface area contributed by atoms with Gasteiger partial charge in [0.25, 0.3) is 0 Å². The van der Waals surface area contributed by atoms with Gasteiger partial charge in [-0.1, -0.05) is 28.1 Å². The maximum absolute atomic E-state index is 12.3. The van der Waals surface area contributed by atoms with Gasteiger partial charge in [0, 0.05) is 22.6 Å². The minimum atomic E-state index is -0.473. The van der Waals surface area contributed by atoms with E-state index in [-0.39, 0.29) is 17.9 Å². The molecule has 2 rings (SSSR count). The summed E-state index contributed by atoms with van der Waals surface area (Å²) >= 11 is 3.36. The van der Waals surface area contributed by atoms with E-state index in [9.17, 15) is 9.59 Å². The van der Waals surface area contributed by atoms with E-state index in [1.165, 1.54) is 0 Å². The highest BCUT2D eigenvalue weighted by Gasteiger charge is 2.31. The van der Waals surface area contributed by atoms with Crippen LogP contribution >= 0.6 is 15.9 Å². The standard InChI is InChI=1S/C19H27BrN2O3/c1-19(2,3)25-18(24)22-12-4-5-16(22)10-11-21-13-17(23)14-6-8-15(20)9-7-14/h6-9,16,21H,4-5,10-13H2,1-3H3. The summed E-state index contributed by atoms with van der Waals surface area (Å²) in [5.74, 6) is 0.0721. The summed E-state index contributed by atoms with van der Waals surface area (Å²) in [6, 6.07) is 7.55. The number of nitrogens with zero attached hydrogens (tertiary/aromatic N) is 1. The zero-order valence-electron chi connectivity index (χ0n) is 15.2. The van der Waals surface area contributed by atoms with Gasteiger partial charge >= 0.3 is 6.09 Å². The zero-order chi connectivity index (χ0) is 18.4. The van der Waals surface area contributed by atoms with Crippen LogP contribution in [0.2, 0.25) is 0 Å². The Morgan fingerprint density at radius 1 is 1.28 bits per heavy atom. The lowest BCUT2D eigenvalue weighted by Gasteiger charge is -2.28. The largest absolute Gasteiger partial charge is 0.444 e. The van der Waals surface area contributed by atoms with Crippen molar-refractivity contribution in [3.05, 3.63) is 34.3 Å². The monoisotopic (exact) mass is 410 g/mol. The summed E-state index contributed by atoms with van der Waals surface area (Å²) in [5, 5.41) is 3.19. The van der Waals surface area contributed by atoms with Crippen molar-refractivity contribution < 1.29 is 14.3 Å². The molecule has 1 aliphatic rings. The summed E-state index contributed by atoms with van der Waals surface area (Å²) in [6.45, 7) is 7.40. The number of ether oxygens (including phenoxy) is 1. The summed E-state index contributed by atoms with van der Waals surface area (Å²) in [6.07, 6.45) is 2.58. The van der Waals surface area contributed by atoms with Crippen LogP contribution in [0.1, 0.15) is 50.4 Å². The first kappa shape index (κ1) is 19.9. The van der Waals surface area contributed by atoms with Crippen LogP contribution in [0.15, 0.2) is 28.7 Å². The van der Waals surface area contributed by atoms with Gasteiger partial charge < -0.3 is 15.0 Å². The fourth-order valence-electron chi connectivity index (χ4n) is 2.91. The number of likely N-dealkylation sites (tertiary alicyclic amines) is 1. The predicted octanol–water partition coefficient (Wildman–Crippen LogP) is 4.01. The number of benzene rings is 1. The third-order valence-electron chi connectivity index (χ3n) is 4.11. The molecule has 1 atom stereocenters. The Morgan fingerprint density at radius 2 is 1.96 bits per heavy atom. The first-order chi connectivity index (χ1) is 11.8. The van der Waals surface area contributed by atoms with Crippen LogP contribution in [0.25, 0.3) is 0 Å². The van der Waals surface area contributed by atoms with Crippen LogP contribution in [0, 0.1) is 0 Å². The predicted molar refractivity (Wildman–Crippen MR) is 102 cm³/mol. The highest BCUT2D eigenvalue weighted by molar-refractivity contribution is 9.10. The normalized spacial score (nSPS) is 17.6. The van der Waals surface area contributed by atoms with Crippen molar-refractivity contribution in [2.75, 3.05) is 19.6 Å². The summed E-state index contributed by atoms with van der Waals surface area (Å²) in [5.41, 5.74) is 0.228. The molecule has 6 heteroatoms. The van der Waals surface area contributed by atoms with Crippen LogP contribution in [-0.2, 0) is 4.74 Å². The van der Waals surface area contributed by atoms with E-state index in [2.05, 4.69) is 21.2 Å². The van der Waals surface area contributed by atoms with Crippen molar-refractivity contribution in [2.24, 2.45) is 0 Å². The van der Waals surface area contributed by atoms with Gasteiger partial charge in [0.15, 0.2) is 5.78 Å². The van der Waals surface area contributed by atoms with E-state index in [0.29, 0.717) is 18.7 Å². The van der Waals surface area contributed by atoms with Gasteiger partial charge in [0.1, 0.15) is 5.60 Å². The Labute approximate surface area is 158 Å². The number of halogens is 1. The van der Waals surface area contributed by atoms with Gasteiger partial charge in [0.2, 0.25) is 0 Å². The number of carbonyl (C=O) groups is 2. The number of amides is 1. The quantitative estimate of drug-likeness (QED) is 0.568. The zero-order valence-corrected chi connectivity index (χ0v) is 16.8. The van der Waals surface area contributed by atoms with Crippen LogP contribution in [0.3, 0.4) is 0 Å². The molecule has 1 heterocycles. The topological polar surface area (TPSA) is 58.6 Å². The highest BCUT2D eigenvalue weighted by Crippen LogP contribution is 2.22. The van der Waals surface area contributed by atoms with E-state index in [1.807, 2.05) is 49.9 Å². The molecule has 0 spiro atoms. The number of hydrogen-bond donors (Lipinski definition) is 1. The Hall–Kier alpha value is -1.40. The second-order valence-corrected chi connectivity index (χ2v) is 8.28. The molecule has 5 nitrogen and oxygen atoms in total. The molecule has 1 aromatic carbocycles. The lowest BCUT2D eigenvalue weighted by atomic mass is 10.1. The van der Waals surface area contributed by atoms with Crippen LogP contribution in [0.5, 0.6) is 0 Å². The van der Waals surface area contributed by atoms with E-state index < -0.39 is 5.60 Å². The van der Waals surface area contributed by atoms with Gasteiger partial charge in [-0.15, -0.1) is 0 Å². The number of carbonyl (C=O) groups excluding carboxylic acids is 2. The smallest absolute Gasteiger partial charge is 0.410 e. The number of ketones is 1. The third-order valence-corrected chi connectivity index (χ3v) is 4.64. The van der Waals surface area contributed by atoms with Crippen molar-refractivity contribution >= 4 is 27.8 Å². The third kappa shape index (κ3) is 6.44.